The van der Waals surface area contributed by atoms with Gasteiger partial charge in [-0.2, -0.15) is 0 Å². The fourth-order valence-corrected chi connectivity index (χ4v) is 3.29. The highest BCUT2D eigenvalue weighted by molar-refractivity contribution is 5.90. The van der Waals surface area contributed by atoms with Gasteiger partial charge in [-0.1, -0.05) is 46.7 Å². The van der Waals surface area contributed by atoms with Crippen LogP contribution >= 0.6 is 0 Å². The van der Waals surface area contributed by atoms with E-state index in [1.807, 2.05) is 0 Å². The van der Waals surface area contributed by atoms with Crippen LogP contribution in [0.5, 0.6) is 0 Å². The van der Waals surface area contributed by atoms with Crippen molar-refractivity contribution in [1.29, 1.82) is 0 Å². The number of rotatable bonds is 7. The van der Waals surface area contributed by atoms with Crippen molar-refractivity contribution in [3.05, 3.63) is 0 Å². The molecule has 1 N–H and O–H groups in total. The predicted molar refractivity (Wildman–Crippen MR) is 80.1 cm³/mol. The fourth-order valence-electron chi connectivity index (χ4n) is 3.29. The second-order valence-corrected chi connectivity index (χ2v) is 7.30. The van der Waals surface area contributed by atoms with Gasteiger partial charge >= 0.3 is 0 Å². The molecule has 1 fully saturated rings. The van der Waals surface area contributed by atoms with Gasteiger partial charge in [0.15, 0.2) is 0 Å². The van der Waals surface area contributed by atoms with Crippen LogP contribution in [0.1, 0.15) is 54.4 Å². The van der Waals surface area contributed by atoms with E-state index in [-0.39, 0.29) is 11.5 Å². The molecule has 0 radical (unpaired) electrons. The van der Waals surface area contributed by atoms with Gasteiger partial charge in [0.2, 0.25) is 0 Å². The van der Waals surface area contributed by atoms with Crippen LogP contribution < -0.4 is 0 Å². The topological polar surface area (TPSA) is 41.8 Å². The summed E-state index contributed by atoms with van der Waals surface area (Å²) in [7, 11) is 1.61. The third-order valence-corrected chi connectivity index (χ3v) is 4.30. The summed E-state index contributed by atoms with van der Waals surface area (Å²) in [6.45, 7) is 13.0. The molecule has 1 rings (SSSR count). The first-order valence-electron chi connectivity index (χ1n) is 7.50. The molecule has 0 spiro atoms. The van der Waals surface area contributed by atoms with Crippen molar-refractivity contribution in [2.75, 3.05) is 7.11 Å². The van der Waals surface area contributed by atoms with Crippen LogP contribution in [0.25, 0.3) is 0 Å². The number of hydrogen-bond donors (Lipinski definition) is 1. The van der Waals surface area contributed by atoms with E-state index < -0.39 is 0 Å². The lowest BCUT2D eigenvalue weighted by molar-refractivity contribution is 0.0952. The molecule has 0 heterocycles. The van der Waals surface area contributed by atoms with E-state index in [4.69, 9.17) is 4.84 Å². The van der Waals surface area contributed by atoms with Crippen molar-refractivity contribution in [3.63, 3.8) is 0 Å². The fraction of sp³-hybridized carbons (Fsp3) is 0.938. The van der Waals surface area contributed by atoms with Crippen LogP contribution in [0.15, 0.2) is 5.16 Å². The van der Waals surface area contributed by atoms with Gasteiger partial charge in [-0.15, -0.1) is 0 Å². The summed E-state index contributed by atoms with van der Waals surface area (Å²) >= 11 is 0. The Morgan fingerprint density at radius 1 is 1.32 bits per heavy atom. The lowest BCUT2D eigenvalue weighted by Gasteiger charge is -2.29. The third kappa shape index (κ3) is 4.20. The molecule has 0 amide bonds. The average molecular weight is 269 g/mol. The molecule has 0 aromatic rings. The first-order chi connectivity index (χ1) is 8.70. The normalized spacial score (nSPS) is 25.9. The summed E-state index contributed by atoms with van der Waals surface area (Å²) < 4.78 is 0. The maximum Gasteiger partial charge on any atom is 0.106 e. The largest absolute Gasteiger partial charge is 0.399 e. The number of oxime groups is 1. The van der Waals surface area contributed by atoms with Gasteiger partial charge in [-0.3, -0.25) is 0 Å². The summed E-state index contributed by atoms with van der Waals surface area (Å²) in [5.74, 6) is 1.86. The Hall–Kier alpha value is -0.570. The standard InChI is InChI=1S/C16H31NO2/c1-10(2)14(18)13-8-12(13)9-16(5,6)15(11(3)4)17-19-7/h10-14,18H,8-9H2,1-7H3/b17-15+/t12?,13?,14-/m1/s1. The van der Waals surface area contributed by atoms with Crippen molar-refractivity contribution in [1.82, 2.24) is 0 Å². The zero-order valence-corrected chi connectivity index (χ0v) is 13.6. The maximum atomic E-state index is 10.1. The molecule has 0 saturated heterocycles. The van der Waals surface area contributed by atoms with Crippen LogP contribution in [-0.2, 0) is 4.84 Å². The number of aliphatic hydroxyl groups is 1. The van der Waals surface area contributed by atoms with Crippen molar-refractivity contribution in [3.8, 4) is 0 Å². The second kappa shape index (κ2) is 6.25. The highest BCUT2D eigenvalue weighted by Gasteiger charge is 2.46. The predicted octanol–water partition coefficient (Wildman–Crippen LogP) is 3.71. The molecular weight excluding hydrogens is 238 g/mol. The monoisotopic (exact) mass is 269 g/mol. The number of aliphatic hydroxyl groups excluding tert-OH is 1. The van der Waals surface area contributed by atoms with Crippen LogP contribution in [0, 0.1) is 29.1 Å². The Balaban J connectivity index is 2.64. The first kappa shape index (κ1) is 16.5. The van der Waals surface area contributed by atoms with Crippen LogP contribution in [0.2, 0.25) is 0 Å². The van der Waals surface area contributed by atoms with Crippen molar-refractivity contribution in [2.24, 2.45) is 34.2 Å². The average Bonchev–Trinajstić information content (AvgIpc) is 3.02. The molecule has 112 valence electrons. The van der Waals surface area contributed by atoms with Gasteiger partial charge in [-0.05, 0) is 36.5 Å². The molecule has 0 bridgehead atoms. The molecule has 1 aliphatic rings. The smallest absolute Gasteiger partial charge is 0.106 e. The summed E-state index contributed by atoms with van der Waals surface area (Å²) in [5.41, 5.74) is 1.17. The van der Waals surface area contributed by atoms with Crippen molar-refractivity contribution in [2.45, 2.75) is 60.5 Å². The van der Waals surface area contributed by atoms with Gasteiger partial charge in [0, 0.05) is 5.41 Å². The molecule has 1 aliphatic carbocycles. The molecule has 3 heteroatoms. The van der Waals surface area contributed by atoms with E-state index in [2.05, 4.69) is 46.7 Å². The minimum atomic E-state index is -0.150. The van der Waals surface area contributed by atoms with Crippen LogP contribution in [0.4, 0.5) is 0 Å². The van der Waals surface area contributed by atoms with Gasteiger partial charge < -0.3 is 9.94 Å². The summed E-state index contributed by atoms with van der Waals surface area (Å²) in [6.07, 6.45) is 2.09. The summed E-state index contributed by atoms with van der Waals surface area (Å²) in [5, 5.41) is 14.4. The van der Waals surface area contributed by atoms with E-state index in [9.17, 15) is 5.11 Å². The van der Waals surface area contributed by atoms with E-state index in [1.54, 1.807) is 7.11 Å². The highest BCUT2D eigenvalue weighted by Crippen LogP contribution is 2.50. The lowest BCUT2D eigenvalue weighted by Crippen LogP contribution is -2.30. The van der Waals surface area contributed by atoms with Crippen molar-refractivity contribution < 1.29 is 9.94 Å². The van der Waals surface area contributed by atoms with E-state index in [1.165, 1.54) is 0 Å². The minimum absolute atomic E-state index is 0.0420. The number of nitrogens with zero attached hydrogens (tertiary/aromatic N) is 1. The van der Waals surface area contributed by atoms with Crippen LogP contribution in [0.3, 0.4) is 0 Å². The molecule has 3 nitrogen and oxygen atoms in total. The third-order valence-electron chi connectivity index (χ3n) is 4.30. The Morgan fingerprint density at radius 3 is 2.32 bits per heavy atom. The second-order valence-electron chi connectivity index (χ2n) is 7.30. The SMILES string of the molecule is CO/N=C(\C(C)C)C(C)(C)CC1CC1[C@H](O)C(C)C. The quantitative estimate of drug-likeness (QED) is 0.565. The molecule has 0 aromatic heterocycles. The van der Waals surface area contributed by atoms with Gasteiger partial charge in [0.25, 0.3) is 0 Å². The summed E-state index contributed by atoms with van der Waals surface area (Å²) in [4.78, 5) is 5.00. The molecule has 19 heavy (non-hydrogen) atoms. The van der Waals surface area contributed by atoms with Gasteiger partial charge in [-0.25, -0.2) is 0 Å². The Morgan fingerprint density at radius 2 is 1.89 bits per heavy atom. The zero-order valence-electron chi connectivity index (χ0n) is 13.6. The van der Waals surface area contributed by atoms with E-state index in [0.717, 1.165) is 18.6 Å². The minimum Gasteiger partial charge on any atom is -0.399 e. The zero-order chi connectivity index (χ0) is 14.8. The Bertz CT molecular complexity index is 321. The Labute approximate surface area is 118 Å². The maximum absolute atomic E-state index is 10.1. The molecular formula is C16H31NO2. The van der Waals surface area contributed by atoms with Crippen molar-refractivity contribution >= 4 is 5.71 Å². The Kier molecular flexibility index (Phi) is 5.43. The lowest BCUT2D eigenvalue weighted by atomic mass is 9.77. The molecule has 2 unspecified atom stereocenters. The number of hydrogen-bond acceptors (Lipinski definition) is 3. The molecule has 0 aromatic carbocycles. The molecule has 3 atom stereocenters. The summed E-state index contributed by atoms with van der Waals surface area (Å²) in [6, 6.07) is 0. The van der Waals surface area contributed by atoms with Crippen LogP contribution in [-0.4, -0.2) is 24.0 Å². The molecule has 0 aliphatic heterocycles. The van der Waals surface area contributed by atoms with E-state index >= 15 is 0 Å². The van der Waals surface area contributed by atoms with Gasteiger partial charge in [0.05, 0.1) is 11.8 Å². The first-order valence-corrected chi connectivity index (χ1v) is 7.50. The highest BCUT2D eigenvalue weighted by atomic mass is 16.6. The molecule has 1 saturated carbocycles. The van der Waals surface area contributed by atoms with Gasteiger partial charge in [0.1, 0.15) is 7.11 Å². The van der Waals surface area contributed by atoms with E-state index in [0.29, 0.717) is 23.7 Å².